The normalized spacial score (nSPS) is 16.8. The quantitative estimate of drug-likeness (QED) is 0.373. The Bertz CT molecular complexity index is 728. The van der Waals surface area contributed by atoms with Gasteiger partial charge in [-0.15, -0.1) is 0 Å². The molecule has 0 aliphatic rings. The predicted molar refractivity (Wildman–Crippen MR) is 113 cm³/mol. The van der Waals surface area contributed by atoms with Gasteiger partial charge in [-0.05, 0) is 10.4 Å². The first-order valence-corrected chi connectivity index (χ1v) is 12.7. The molecular formula is C22H28F2Si2. The number of hydrogen-bond donors (Lipinski definition) is 0. The molecule has 0 bridgehead atoms. The van der Waals surface area contributed by atoms with Crippen LogP contribution in [-0.2, 0) is 0 Å². The van der Waals surface area contributed by atoms with Crippen LogP contribution in [0.3, 0.4) is 0 Å². The smallest absolute Gasteiger partial charge is 0.291 e. The summed E-state index contributed by atoms with van der Waals surface area (Å²) in [5.41, 5.74) is 5.81. The molecule has 2 rings (SSSR count). The highest BCUT2D eigenvalue weighted by molar-refractivity contribution is 6.99. The Hall–Kier alpha value is -1.71. The van der Waals surface area contributed by atoms with E-state index in [1.807, 2.05) is 77.9 Å². The van der Waals surface area contributed by atoms with Crippen molar-refractivity contribution in [3.05, 3.63) is 60.7 Å². The van der Waals surface area contributed by atoms with Crippen LogP contribution in [0.15, 0.2) is 60.7 Å². The van der Waals surface area contributed by atoms with E-state index in [0.717, 1.165) is 0 Å². The molecule has 0 fully saturated rings. The van der Waals surface area contributed by atoms with Crippen LogP contribution in [0.25, 0.3) is 0 Å². The van der Waals surface area contributed by atoms with Crippen LogP contribution in [0, 0.1) is 11.1 Å². The molecule has 2 aromatic carbocycles. The zero-order valence-corrected chi connectivity index (χ0v) is 18.5. The fourth-order valence-electron chi connectivity index (χ4n) is 2.89. The van der Waals surface area contributed by atoms with Gasteiger partial charge in [0.2, 0.25) is 0 Å². The number of benzene rings is 2. The lowest BCUT2D eigenvalue weighted by Gasteiger charge is -2.33. The van der Waals surface area contributed by atoms with Crippen LogP contribution in [0.1, 0.15) is 41.5 Å². The summed E-state index contributed by atoms with van der Waals surface area (Å²) in [6.07, 6.45) is 0. The zero-order valence-electron chi connectivity index (χ0n) is 16.5. The van der Waals surface area contributed by atoms with E-state index in [0.29, 0.717) is 10.4 Å². The van der Waals surface area contributed by atoms with E-state index in [2.05, 4.69) is 11.1 Å². The maximum atomic E-state index is 16.3. The SMILES string of the molecule is CC(C)(C)[Si](F)(C#C[Si](F)(c1ccccc1)C(C)(C)C)c1ccccc1. The lowest BCUT2D eigenvalue weighted by molar-refractivity contribution is 0.640. The van der Waals surface area contributed by atoms with E-state index in [-0.39, 0.29) is 0 Å². The van der Waals surface area contributed by atoms with Crippen LogP contribution in [0.4, 0.5) is 8.22 Å². The molecule has 0 heterocycles. The minimum absolute atomic E-state index is 0.610. The summed E-state index contributed by atoms with van der Waals surface area (Å²) in [6, 6.07) is 18.2. The van der Waals surface area contributed by atoms with E-state index < -0.39 is 26.9 Å². The summed E-state index contributed by atoms with van der Waals surface area (Å²) in [5.74, 6) is 0. The molecule has 0 aliphatic carbocycles. The van der Waals surface area contributed by atoms with E-state index in [4.69, 9.17) is 0 Å². The van der Waals surface area contributed by atoms with Gasteiger partial charge in [0.15, 0.2) is 0 Å². The lowest BCUT2D eigenvalue weighted by atomic mass is 10.2. The van der Waals surface area contributed by atoms with E-state index >= 15 is 8.22 Å². The van der Waals surface area contributed by atoms with Crippen LogP contribution in [0.2, 0.25) is 10.1 Å². The Kier molecular flexibility index (Phi) is 5.65. The molecular weight excluding hydrogens is 358 g/mol. The first-order chi connectivity index (χ1) is 11.9. The van der Waals surface area contributed by atoms with Crippen molar-refractivity contribution in [2.45, 2.75) is 51.6 Å². The summed E-state index contributed by atoms with van der Waals surface area (Å²) in [4.78, 5) is 0. The third-order valence-electron chi connectivity index (χ3n) is 4.82. The predicted octanol–water partition coefficient (Wildman–Crippen LogP) is 5.31. The van der Waals surface area contributed by atoms with Crippen molar-refractivity contribution >= 4 is 27.2 Å². The van der Waals surface area contributed by atoms with Crippen LogP contribution in [-0.4, -0.2) is 16.8 Å². The van der Waals surface area contributed by atoms with Gasteiger partial charge < -0.3 is 0 Å². The largest absolute Gasteiger partial charge is 0.358 e. The second kappa shape index (κ2) is 7.13. The monoisotopic (exact) mass is 386 g/mol. The number of hydrogen-bond acceptors (Lipinski definition) is 0. The third kappa shape index (κ3) is 3.84. The molecule has 0 amide bonds. The van der Waals surface area contributed by atoms with Gasteiger partial charge in [-0.2, -0.15) is 0 Å². The molecule has 2 atom stereocenters. The molecule has 0 nitrogen and oxygen atoms in total. The highest BCUT2D eigenvalue weighted by atomic mass is 28.4. The molecule has 138 valence electrons. The van der Waals surface area contributed by atoms with E-state index in [9.17, 15) is 0 Å². The third-order valence-corrected chi connectivity index (χ3v) is 12.4. The molecule has 0 radical (unpaired) electrons. The van der Waals surface area contributed by atoms with Crippen LogP contribution >= 0.6 is 0 Å². The average Bonchev–Trinajstić information content (AvgIpc) is 2.59. The Morgan fingerprint density at radius 1 is 0.577 bits per heavy atom. The Morgan fingerprint density at radius 3 is 1.08 bits per heavy atom. The molecule has 2 unspecified atom stereocenters. The minimum Gasteiger partial charge on any atom is -0.291 e. The molecule has 0 aliphatic heterocycles. The van der Waals surface area contributed by atoms with Gasteiger partial charge in [-0.1, -0.05) is 113 Å². The second-order valence-corrected chi connectivity index (χ2v) is 16.1. The molecule has 0 saturated carbocycles. The lowest BCUT2D eigenvalue weighted by Crippen LogP contribution is -2.54. The summed E-state index contributed by atoms with van der Waals surface area (Å²) in [5, 5.41) is -0.0761. The van der Waals surface area contributed by atoms with Crippen molar-refractivity contribution in [3.8, 4) is 11.1 Å². The van der Waals surface area contributed by atoms with Crippen molar-refractivity contribution < 1.29 is 8.22 Å². The fourth-order valence-corrected chi connectivity index (χ4v) is 8.35. The van der Waals surface area contributed by atoms with Gasteiger partial charge >= 0.3 is 16.8 Å². The average molecular weight is 387 g/mol. The highest BCUT2D eigenvalue weighted by Gasteiger charge is 2.51. The summed E-state index contributed by atoms with van der Waals surface area (Å²) >= 11 is 0. The first kappa shape index (κ1) is 20.6. The van der Waals surface area contributed by atoms with Crippen molar-refractivity contribution in [1.82, 2.24) is 0 Å². The van der Waals surface area contributed by atoms with Gasteiger partial charge in [-0.25, -0.2) is 0 Å². The van der Waals surface area contributed by atoms with Gasteiger partial charge in [-0.3, -0.25) is 8.22 Å². The molecule has 26 heavy (non-hydrogen) atoms. The minimum atomic E-state index is -3.71. The highest BCUT2D eigenvalue weighted by Crippen LogP contribution is 2.39. The molecule has 0 spiro atoms. The summed E-state index contributed by atoms with van der Waals surface area (Å²) in [6.45, 7) is 11.2. The molecule has 2 aromatic rings. The maximum Gasteiger partial charge on any atom is 0.358 e. The van der Waals surface area contributed by atoms with Crippen molar-refractivity contribution in [1.29, 1.82) is 0 Å². The standard InChI is InChI=1S/C22H28F2Si2/c1-21(2,3)25(23,19-13-9-7-10-14-19)17-18-26(24,22(4,5)6)20-15-11-8-12-16-20/h7-16H,1-6H3. The van der Waals surface area contributed by atoms with E-state index in [1.165, 1.54) is 0 Å². The Balaban J connectivity index is 2.67. The van der Waals surface area contributed by atoms with E-state index in [1.54, 1.807) is 24.3 Å². The van der Waals surface area contributed by atoms with Gasteiger partial charge in [0, 0.05) is 10.1 Å². The van der Waals surface area contributed by atoms with Crippen molar-refractivity contribution in [2.24, 2.45) is 0 Å². The second-order valence-electron chi connectivity index (χ2n) is 8.80. The van der Waals surface area contributed by atoms with Gasteiger partial charge in [0.05, 0.1) is 0 Å². The topological polar surface area (TPSA) is 0 Å². The van der Waals surface area contributed by atoms with Crippen LogP contribution in [0.5, 0.6) is 0 Å². The molecule has 0 aromatic heterocycles. The molecule has 4 heteroatoms. The van der Waals surface area contributed by atoms with Crippen molar-refractivity contribution in [2.75, 3.05) is 0 Å². The zero-order chi connectivity index (χ0) is 19.6. The maximum absolute atomic E-state index is 16.3. The van der Waals surface area contributed by atoms with Gasteiger partial charge in [0.25, 0.3) is 0 Å². The summed E-state index contributed by atoms with van der Waals surface area (Å²) in [7, 11) is -7.43. The summed E-state index contributed by atoms with van der Waals surface area (Å²) < 4.78 is 32.6. The Morgan fingerprint density at radius 2 is 0.846 bits per heavy atom. The molecule has 0 saturated heterocycles. The van der Waals surface area contributed by atoms with Gasteiger partial charge in [0.1, 0.15) is 0 Å². The first-order valence-electron chi connectivity index (χ1n) is 8.95. The molecule has 0 N–H and O–H groups in total. The van der Waals surface area contributed by atoms with Crippen molar-refractivity contribution in [3.63, 3.8) is 0 Å². The number of halogens is 2. The number of rotatable bonds is 2. The fraction of sp³-hybridized carbons (Fsp3) is 0.364. The Labute approximate surface area is 159 Å². The van der Waals surface area contributed by atoms with Crippen LogP contribution < -0.4 is 10.4 Å².